The van der Waals surface area contributed by atoms with Gasteiger partial charge in [-0.05, 0) is 57.6 Å². The first-order valence-corrected chi connectivity index (χ1v) is 11.9. The van der Waals surface area contributed by atoms with Gasteiger partial charge in [0.2, 0.25) is 5.78 Å². The molecule has 0 bridgehead atoms. The molecule has 1 amide bonds. The van der Waals surface area contributed by atoms with Crippen molar-refractivity contribution in [2.24, 2.45) is 0 Å². The van der Waals surface area contributed by atoms with Gasteiger partial charge >= 0.3 is 0 Å². The van der Waals surface area contributed by atoms with Gasteiger partial charge in [-0.1, -0.05) is 19.9 Å². The van der Waals surface area contributed by atoms with Crippen molar-refractivity contribution >= 4 is 23.0 Å². The molecule has 1 aliphatic heterocycles. The van der Waals surface area contributed by atoms with E-state index in [2.05, 4.69) is 23.7 Å². The third-order valence-electron chi connectivity index (χ3n) is 5.95. The molecule has 0 saturated heterocycles. The van der Waals surface area contributed by atoms with Gasteiger partial charge in [-0.15, -0.1) is 11.3 Å². The van der Waals surface area contributed by atoms with Crippen LogP contribution < -0.4 is 4.74 Å². The van der Waals surface area contributed by atoms with Crippen LogP contribution in [-0.4, -0.2) is 70.0 Å². The van der Waals surface area contributed by atoms with Crippen molar-refractivity contribution in [2.75, 3.05) is 33.3 Å². The SMILES string of the molecule is CCN(CC)CCCN1C(=O)C(O)=C(C(=O)c2sc(C)nc2C)C1c1ccc(O)c(OC)c1. The van der Waals surface area contributed by atoms with Crippen LogP contribution in [-0.2, 0) is 4.79 Å². The normalized spacial score (nSPS) is 16.2. The van der Waals surface area contributed by atoms with Crippen molar-refractivity contribution < 1.29 is 24.5 Å². The zero-order valence-corrected chi connectivity index (χ0v) is 20.5. The zero-order valence-electron chi connectivity index (χ0n) is 19.7. The van der Waals surface area contributed by atoms with Crippen LogP contribution in [0.4, 0.5) is 0 Å². The molecule has 3 rings (SSSR count). The van der Waals surface area contributed by atoms with Gasteiger partial charge in [0.15, 0.2) is 17.3 Å². The predicted octanol–water partition coefficient (Wildman–Crippen LogP) is 3.78. The number of aryl methyl sites for hydroxylation is 2. The van der Waals surface area contributed by atoms with E-state index in [1.54, 1.807) is 19.1 Å². The van der Waals surface area contributed by atoms with E-state index < -0.39 is 23.5 Å². The molecule has 0 fully saturated rings. The predicted molar refractivity (Wildman–Crippen MR) is 127 cm³/mol. The molecule has 8 nitrogen and oxygen atoms in total. The highest BCUT2D eigenvalue weighted by Crippen LogP contribution is 2.42. The molecule has 1 unspecified atom stereocenters. The quantitative estimate of drug-likeness (QED) is 0.506. The van der Waals surface area contributed by atoms with Crippen LogP contribution in [0.1, 0.15) is 52.2 Å². The van der Waals surface area contributed by atoms with Crippen LogP contribution in [0.2, 0.25) is 0 Å². The second-order valence-corrected chi connectivity index (χ2v) is 9.15. The van der Waals surface area contributed by atoms with Crippen molar-refractivity contribution in [3.05, 3.63) is 50.7 Å². The number of aliphatic hydroxyl groups excluding tert-OH is 1. The maximum Gasteiger partial charge on any atom is 0.290 e. The van der Waals surface area contributed by atoms with Crippen LogP contribution in [0.5, 0.6) is 11.5 Å². The Balaban J connectivity index is 2.03. The summed E-state index contributed by atoms with van der Waals surface area (Å²) in [5.74, 6) is -1.34. The molecule has 0 saturated carbocycles. The number of thiazole rings is 1. The smallest absolute Gasteiger partial charge is 0.290 e. The topological polar surface area (TPSA) is 103 Å². The summed E-state index contributed by atoms with van der Waals surface area (Å²) in [5, 5.41) is 21.6. The van der Waals surface area contributed by atoms with Crippen molar-refractivity contribution in [3.8, 4) is 11.5 Å². The summed E-state index contributed by atoms with van der Waals surface area (Å²) in [4.78, 5) is 35.2. The van der Waals surface area contributed by atoms with Gasteiger partial charge in [-0.3, -0.25) is 9.59 Å². The van der Waals surface area contributed by atoms with Gasteiger partial charge in [0.1, 0.15) is 0 Å². The second kappa shape index (κ2) is 10.4. The van der Waals surface area contributed by atoms with Crippen molar-refractivity contribution in [2.45, 2.75) is 40.2 Å². The fourth-order valence-electron chi connectivity index (χ4n) is 4.20. The highest BCUT2D eigenvalue weighted by atomic mass is 32.1. The fourth-order valence-corrected chi connectivity index (χ4v) is 5.07. The Morgan fingerprint density at radius 2 is 1.94 bits per heavy atom. The van der Waals surface area contributed by atoms with Crippen molar-refractivity contribution in [1.82, 2.24) is 14.8 Å². The third-order valence-corrected chi connectivity index (χ3v) is 7.02. The van der Waals surface area contributed by atoms with Gasteiger partial charge in [-0.25, -0.2) is 4.98 Å². The number of hydrogen-bond donors (Lipinski definition) is 2. The second-order valence-electron chi connectivity index (χ2n) is 7.95. The summed E-state index contributed by atoms with van der Waals surface area (Å²) in [6.45, 7) is 10.7. The van der Waals surface area contributed by atoms with Crippen LogP contribution in [0, 0.1) is 13.8 Å². The number of hydrogen-bond acceptors (Lipinski definition) is 8. The highest BCUT2D eigenvalue weighted by Gasteiger charge is 2.44. The molecular formula is C24H31N3O5S. The molecule has 0 spiro atoms. The van der Waals surface area contributed by atoms with E-state index in [1.807, 2.05) is 6.92 Å². The molecule has 2 heterocycles. The summed E-state index contributed by atoms with van der Waals surface area (Å²) >= 11 is 1.24. The molecule has 0 radical (unpaired) electrons. The first kappa shape index (κ1) is 24.7. The lowest BCUT2D eigenvalue weighted by atomic mass is 9.94. The minimum atomic E-state index is -0.794. The van der Waals surface area contributed by atoms with E-state index in [9.17, 15) is 19.8 Å². The maximum absolute atomic E-state index is 13.5. The first-order valence-electron chi connectivity index (χ1n) is 11.0. The molecule has 0 aliphatic carbocycles. The third kappa shape index (κ3) is 4.89. The van der Waals surface area contributed by atoms with E-state index in [0.29, 0.717) is 29.1 Å². The Labute approximate surface area is 198 Å². The number of rotatable bonds is 10. The minimum absolute atomic E-state index is 0.0299. The molecular weight excluding hydrogens is 442 g/mol. The Morgan fingerprint density at radius 1 is 1.24 bits per heavy atom. The number of aromatic nitrogens is 1. The standard InChI is InChI=1S/C24H31N3O5S/c1-6-26(7-2)11-8-12-27-20(16-9-10-17(28)18(13-16)32-5)19(22(30)24(27)31)21(29)23-14(3)25-15(4)33-23/h9-10,13,20,28,30H,6-8,11-12H2,1-5H3. The Kier molecular flexibility index (Phi) is 7.76. The lowest BCUT2D eigenvalue weighted by Crippen LogP contribution is -2.34. The number of aromatic hydroxyl groups is 1. The number of ether oxygens (including phenoxy) is 1. The molecule has 33 heavy (non-hydrogen) atoms. The van der Waals surface area contributed by atoms with Crippen LogP contribution in [0.3, 0.4) is 0 Å². The summed E-state index contributed by atoms with van der Waals surface area (Å²) in [7, 11) is 1.43. The number of carbonyl (C=O) groups excluding carboxylic acids is 2. The molecule has 1 aliphatic rings. The largest absolute Gasteiger partial charge is 0.504 e. The number of nitrogens with zero attached hydrogens (tertiary/aromatic N) is 3. The molecule has 2 aromatic rings. The molecule has 1 aromatic heterocycles. The maximum atomic E-state index is 13.5. The summed E-state index contributed by atoms with van der Waals surface area (Å²) < 4.78 is 5.25. The molecule has 178 valence electrons. The zero-order chi connectivity index (χ0) is 24.3. The van der Waals surface area contributed by atoms with E-state index in [4.69, 9.17) is 4.74 Å². The monoisotopic (exact) mass is 473 g/mol. The number of phenols is 1. The van der Waals surface area contributed by atoms with Gasteiger partial charge in [0.05, 0.1) is 34.3 Å². The van der Waals surface area contributed by atoms with Gasteiger partial charge < -0.3 is 24.7 Å². The number of benzene rings is 1. The summed E-state index contributed by atoms with van der Waals surface area (Å²) in [6.07, 6.45) is 0.687. The van der Waals surface area contributed by atoms with E-state index >= 15 is 0 Å². The van der Waals surface area contributed by atoms with Crippen molar-refractivity contribution in [3.63, 3.8) is 0 Å². The van der Waals surface area contributed by atoms with Crippen molar-refractivity contribution in [1.29, 1.82) is 0 Å². The highest BCUT2D eigenvalue weighted by molar-refractivity contribution is 7.14. The Hall–Kier alpha value is -2.91. The average Bonchev–Trinajstić information content (AvgIpc) is 3.27. The lowest BCUT2D eigenvalue weighted by molar-refractivity contribution is -0.129. The van der Waals surface area contributed by atoms with E-state index in [0.717, 1.165) is 24.6 Å². The number of carbonyl (C=O) groups is 2. The number of methoxy groups -OCH3 is 1. The first-order chi connectivity index (χ1) is 15.7. The van der Waals surface area contributed by atoms with Crippen LogP contribution >= 0.6 is 11.3 Å². The average molecular weight is 474 g/mol. The summed E-state index contributed by atoms with van der Waals surface area (Å²) in [5.41, 5.74) is 1.17. The number of ketones is 1. The van der Waals surface area contributed by atoms with Gasteiger partial charge in [0, 0.05) is 6.54 Å². The van der Waals surface area contributed by atoms with Gasteiger partial charge in [-0.2, -0.15) is 0 Å². The van der Waals surface area contributed by atoms with E-state index in [1.165, 1.54) is 29.4 Å². The minimum Gasteiger partial charge on any atom is -0.504 e. The Bertz CT molecular complexity index is 1070. The number of aliphatic hydroxyl groups is 1. The van der Waals surface area contributed by atoms with Gasteiger partial charge in [0.25, 0.3) is 5.91 Å². The Morgan fingerprint density at radius 3 is 2.52 bits per heavy atom. The van der Waals surface area contributed by atoms with Crippen LogP contribution in [0.25, 0.3) is 0 Å². The molecule has 2 N–H and O–H groups in total. The molecule has 1 atom stereocenters. The number of phenolic OH excluding ortho intramolecular Hbond substituents is 1. The lowest BCUT2D eigenvalue weighted by Gasteiger charge is -2.28. The number of Topliss-reactive ketones (excluding diaryl/α,β-unsaturated/α-hetero) is 1. The molecule has 1 aromatic carbocycles. The molecule has 9 heteroatoms. The summed E-state index contributed by atoms with van der Waals surface area (Å²) in [6, 6.07) is 3.91. The fraction of sp³-hybridized carbons (Fsp3) is 0.458. The number of amides is 1. The van der Waals surface area contributed by atoms with E-state index in [-0.39, 0.29) is 17.1 Å². The van der Waals surface area contributed by atoms with Crippen LogP contribution in [0.15, 0.2) is 29.5 Å².